The van der Waals surface area contributed by atoms with Gasteiger partial charge in [0, 0.05) is 52.3 Å². The summed E-state index contributed by atoms with van der Waals surface area (Å²) in [6, 6.07) is 1.85. The van der Waals surface area contributed by atoms with Gasteiger partial charge in [0.1, 0.15) is 11.9 Å². The molecule has 0 aliphatic carbocycles. The van der Waals surface area contributed by atoms with Gasteiger partial charge in [-0.25, -0.2) is 0 Å². The first-order chi connectivity index (χ1) is 10.9. The highest BCUT2D eigenvalue weighted by molar-refractivity contribution is 5.73. The summed E-state index contributed by atoms with van der Waals surface area (Å²) in [4.78, 5) is 17.5. The van der Waals surface area contributed by atoms with Crippen LogP contribution in [0.5, 0.6) is 5.75 Å². The van der Waals surface area contributed by atoms with Crippen LogP contribution < -0.4 is 21.3 Å². The molecular weight excluding hydrogens is 294 g/mol. The Morgan fingerprint density at radius 2 is 2.26 bits per heavy atom. The van der Waals surface area contributed by atoms with Crippen molar-refractivity contribution in [1.82, 2.24) is 14.8 Å². The number of amides is 1. The zero-order valence-corrected chi connectivity index (χ0v) is 14.2. The van der Waals surface area contributed by atoms with Crippen LogP contribution in [0, 0.1) is 0 Å². The standard InChI is InChI=1S/C16H25N5O2/c1-10(18-3)13-8-14(16(19-4)20(5)15(13)17)23-12-6-7-21(9-12)11(2)22/h8,12,18H,1,6-7,9,17H2,2-5H3. The first kappa shape index (κ1) is 16.9. The highest BCUT2D eigenvalue weighted by atomic mass is 16.5. The molecule has 1 aromatic heterocycles. The van der Waals surface area contributed by atoms with Crippen molar-refractivity contribution in [1.29, 1.82) is 0 Å². The third-order valence-corrected chi connectivity index (χ3v) is 4.17. The lowest BCUT2D eigenvalue weighted by Crippen LogP contribution is -2.31. The van der Waals surface area contributed by atoms with Gasteiger partial charge in [0.25, 0.3) is 0 Å². The molecule has 0 radical (unpaired) electrons. The topological polar surface area (TPSA) is 84.9 Å². The SMILES string of the molecule is C=C(NC)c1cc(OC2CCN(C(C)=O)C2)c(=NC)n(C)c1N. The van der Waals surface area contributed by atoms with Gasteiger partial charge >= 0.3 is 0 Å². The number of nitrogens with two attached hydrogens (primary N) is 1. The lowest BCUT2D eigenvalue weighted by atomic mass is 10.2. The molecular formula is C16H25N5O2. The molecule has 1 aromatic rings. The van der Waals surface area contributed by atoms with E-state index in [-0.39, 0.29) is 12.0 Å². The maximum atomic E-state index is 11.5. The number of nitrogens with zero attached hydrogens (tertiary/aromatic N) is 3. The monoisotopic (exact) mass is 319 g/mol. The molecule has 7 heteroatoms. The van der Waals surface area contributed by atoms with Gasteiger partial charge in [-0.1, -0.05) is 6.58 Å². The van der Waals surface area contributed by atoms with Crippen LogP contribution in [0.3, 0.4) is 0 Å². The van der Waals surface area contributed by atoms with E-state index in [9.17, 15) is 4.79 Å². The van der Waals surface area contributed by atoms with Gasteiger partial charge in [-0.3, -0.25) is 9.79 Å². The lowest BCUT2D eigenvalue weighted by molar-refractivity contribution is -0.128. The van der Waals surface area contributed by atoms with Gasteiger partial charge < -0.3 is 25.3 Å². The van der Waals surface area contributed by atoms with Gasteiger partial charge in [0.2, 0.25) is 5.91 Å². The Balaban J connectivity index is 2.36. The quantitative estimate of drug-likeness (QED) is 0.837. The summed E-state index contributed by atoms with van der Waals surface area (Å²) in [7, 11) is 5.33. The van der Waals surface area contributed by atoms with Crippen molar-refractivity contribution in [3.63, 3.8) is 0 Å². The predicted octanol–water partition coefficient (Wildman–Crippen LogP) is 0.328. The van der Waals surface area contributed by atoms with Crippen molar-refractivity contribution in [2.24, 2.45) is 12.0 Å². The summed E-state index contributed by atoms with van der Waals surface area (Å²) in [6.07, 6.45) is 0.762. The molecule has 1 atom stereocenters. The Labute approximate surface area is 136 Å². The number of likely N-dealkylation sites (tertiary alicyclic amines) is 1. The van der Waals surface area contributed by atoms with E-state index in [4.69, 9.17) is 10.5 Å². The minimum Gasteiger partial charge on any atom is -0.485 e. The van der Waals surface area contributed by atoms with Crippen LogP contribution in [-0.4, -0.2) is 48.7 Å². The number of carbonyl (C=O) groups is 1. The maximum Gasteiger partial charge on any atom is 0.219 e. The second-order valence-corrected chi connectivity index (χ2v) is 5.64. The van der Waals surface area contributed by atoms with E-state index in [0.29, 0.717) is 29.3 Å². The fourth-order valence-corrected chi connectivity index (χ4v) is 2.74. The maximum absolute atomic E-state index is 11.5. The summed E-state index contributed by atoms with van der Waals surface area (Å²) in [6.45, 7) is 6.85. The molecule has 0 bridgehead atoms. The average Bonchev–Trinajstić information content (AvgIpc) is 2.99. The summed E-state index contributed by atoms with van der Waals surface area (Å²) in [5, 5.41) is 3.00. The van der Waals surface area contributed by atoms with Crippen molar-refractivity contribution < 1.29 is 9.53 Å². The second kappa shape index (κ2) is 6.76. The minimum absolute atomic E-state index is 0.0428. The first-order valence-electron chi connectivity index (χ1n) is 7.60. The van der Waals surface area contributed by atoms with Gasteiger partial charge in [-0.05, 0) is 6.07 Å². The number of hydrogen-bond acceptors (Lipinski definition) is 5. The number of rotatable bonds is 4. The summed E-state index contributed by atoms with van der Waals surface area (Å²) < 4.78 is 7.90. The largest absolute Gasteiger partial charge is 0.485 e. The number of nitrogens with one attached hydrogen (secondary N) is 1. The number of pyridine rings is 1. The Bertz CT molecular complexity index is 692. The Hall–Kier alpha value is -2.44. The molecule has 1 unspecified atom stereocenters. The van der Waals surface area contributed by atoms with Gasteiger partial charge in [-0.15, -0.1) is 0 Å². The Morgan fingerprint density at radius 1 is 1.57 bits per heavy atom. The molecule has 0 saturated carbocycles. The highest BCUT2D eigenvalue weighted by Gasteiger charge is 2.26. The number of aromatic nitrogens is 1. The zero-order chi connectivity index (χ0) is 17.1. The normalized spacial score (nSPS) is 18.2. The molecule has 3 N–H and O–H groups in total. The smallest absolute Gasteiger partial charge is 0.219 e. The van der Waals surface area contributed by atoms with Crippen LogP contribution in [0.4, 0.5) is 5.82 Å². The van der Waals surface area contributed by atoms with Crippen molar-refractivity contribution >= 4 is 17.4 Å². The number of ether oxygens (including phenoxy) is 1. The van der Waals surface area contributed by atoms with Crippen molar-refractivity contribution in [3.8, 4) is 5.75 Å². The molecule has 126 valence electrons. The first-order valence-corrected chi connectivity index (χ1v) is 7.60. The zero-order valence-electron chi connectivity index (χ0n) is 14.2. The summed E-state index contributed by atoms with van der Waals surface area (Å²) in [5.41, 5.74) is 8.32. The average molecular weight is 319 g/mol. The van der Waals surface area contributed by atoms with Crippen LogP contribution in [0.2, 0.25) is 0 Å². The molecule has 2 heterocycles. The molecule has 1 aliphatic heterocycles. The van der Waals surface area contributed by atoms with Crippen molar-refractivity contribution in [2.75, 3.05) is 32.9 Å². The van der Waals surface area contributed by atoms with E-state index in [1.807, 2.05) is 13.1 Å². The van der Waals surface area contributed by atoms with Crippen LogP contribution in [0.15, 0.2) is 17.6 Å². The highest BCUT2D eigenvalue weighted by Crippen LogP contribution is 2.23. The Kier molecular flexibility index (Phi) is 4.98. The van der Waals surface area contributed by atoms with E-state index in [1.165, 1.54) is 0 Å². The van der Waals surface area contributed by atoms with Crippen molar-refractivity contribution in [2.45, 2.75) is 19.4 Å². The van der Waals surface area contributed by atoms with E-state index in [0.717, 1.165) is 18.5 Å². The number of carbonyl (C=O) groups excluding carboxylic acids is 1. The van der Waals surface area contributed by atoms with Crippen LogP contribution in [0.1, 0.15) is 18.9 Å². The summed E-state index contributed by atoms with van der Waals surface area (Å²) >= 11 is 0. The van der Waals surface area contributed by atoms with Gasteiger partial charge in [0.15, 0.2) is 11.2 Å². The fourth-order valence-electron chi connectivity index (χ4n) is 2.74. The van der Waals surface area contributed by atoms with Crippen LogP contribution in [-0.2, 0) is 11.8 Å². The van der Waals surface area contributed by atoms with E-state index >= 15 is 0 Å². The number of nitrogen functional groups attached to an aromatic ring is 1. The molecule has 1 aliphatic rings. The molecule has 23 heavy (non-hydrogen) atoms. The minimum atomic E-state index is -0.0428. The number of anilines is 1. The van der Waals surface area contributed by atoms with E-state index in [1.54, 1.807) is 30.5 Å². The molecule has 2 rings (SSSR count). The third-order valence-electron chi connectivity index (χ3n) is 4.17. The van der Waals surface area contributed by atoms with Crippen LogP contribution >= 0.6 is 0 Å². The second-order valence-electron chi connectivity index (χ2n) is 5.64. The van der Waals surface area contributed by atoms with E-state index in [2.05, 4.69) is 16.9 Å². The van der Waals surface area contributed by atoms with Crippen molar-refractivity contribution in [3.05, 3.63) is 23.7 Å². The fraction of sp³-hybridized carbons (Fsp3) is 0.500. The molecule has 1 saturated heterocycles. The molecule has 0 aromatic carbocycles. The van der Waals surface area contributed by atoms with Crippen LogP contribution in [0.25, 0.3) is 5.70 Å². The lowest BCUT2D eigenvalue weighted by Gasteiger charge is -2.19. The molecule has 7 nitrogen and oxygen atoms in total. The third kappa shape index (κ3) is 3.33. The Morgan fingerprint density at radius 3 is 2.78 bits per heavy atom. The summed E-state index contributed by atoms with van der Waals surface area (Å²) in [5.74, 6) is 1.28. The van der Waals surface area contributed by atoms with Gasteiger partial charge in [0.05, 0.1) is 6.54 Å². The molecule has 1 amide bonds. The van der Waals surface area contributed by atoms with Gasteiger partial charge in [-0.2, -0.15) is 0 Å². The molecule has 0 spiro atoms. The van der Waals surface area contributed by atoms with E-state index < -0.39 is 0 Å². The predicted molar refractivity (Wildman–Crippen MR) is 90.7 cm³/mol. The number of hydrogen-bond donors (Lipinski definition) is 2. The molecule has 1 fully saturated rings.